The van der Waals surface area contributed by atoms with Gasteiger partial charge in [0.25, 0.3) is 5.91 Å². The minimum atomic E-state index is -1.01. The largest absolute Gasteiger partial charge is 0.493 e. The van der Waals surface area contributed by atoms with Gasteiger partial charge in [-0.15, -0.1) is 0 Å². The molecule has 1 amide bonds. The van der Waals surface area contributed by atoms with Crippen LogP contribution in [0.1, 0.15) is 42.6 Å². The SMILES string of the molecule is CCOC(=O)CC[C@@H](NC(=O)c1ccc(N(CC#N)Cc2ccc3nc(N)nc(O)c3c2)cc1)C(=O)OCC. The van der Waals surface area contributed by atoms with Gasteiger partial charge in [-0.05, 0) is 62.2 Å². The van der Waals surface area contributed by atoms with Crippen molar-refractivity contribution in [1.29, 1.82) is 5.26 Å². The number of esters is 2. The van der Waals surface area contributed by atoms with Crippen LogP contribution in [0.2, 0.25) is 0 Å². The number of carbonyl (C=O) groups excluding carboxylic acids is 3. The average Bonchev–Trinajstić information content (AvgIpc) is 2.91. The summed E-state index contributed by atoms with van der Waals surface area (Å²) in [6, 6.07) is 12.9. The molecule has 12 nitrogen and oxygen atoms in total. The molecular weight excluding hydrogens is 504 g/mol. The van der Waals surface area contributed by atoms with E-state index in [1.54, 1.807) is 55.1 Å². The van der Waals surface area contributed by atoms with Crippen molar-refractivity contribution in [2.45, 2.75) is 39.3 Å². The summed E-state index contributed by atoms with van der Waals surface area (Å²) in [6.45, 7) is 4.08. The number of nitrogens with two attached hydrogens (primary N) is 1. The Morgan fingerprint density at radius 3 is 2.49 bits per heavy atom. The number of carbonyl (C=O) groups is 3. The first-order valence-corrected chi connectivity index (χ1v) is 12.4. The number of aromatic hydroxyl groups is 1. The van der Waals surface area contributed by atoms with Crippen molar-refractivity contribution in [3.05, 3.63) is 53.6 Å². The number of anilines is 2. The van der Waals surface area contributed by atoms with Crippen molar-refractivity contribution in [2.24, 2.45) is 0 Å². The molecule has 39 heavy (non-hydrogen) atoms. The van der Waals surface area contributed by atoms with Gasteiger partial charge >= 0.3 is 11.9 Å². The fraction of sp³-hybridized carbons (Fsp3) is 0.333. The number of nitrogens with zero attached hydrogens (tertiary/aromatic N) is 4. The molecule has 1 atom stereocenters. The maximum Gasteiger partial charge on any atom is 0.328 e. The van der Waals surface area contributed by atoms with Gasteiger partial charge in [0.15, 0.2) is 0 Å². The van der Waals surface area contributed by atoms with Crippen LogP contribution in [0.3, 0.4) is 0 Å². The van der Waals surface area contributed by atoms with Gasteiger partial charge in [0.05, 0.1) is 30.2 Å². The number of aromatic nitrogens is 2. The summed E-state index contributed by atoms with van der Waals surface area (Å²) in [5, 5.41) is 22.6. The molecule has 4 N–H and O–H groups in total. The van der Waals surface area contributed by atoms with Gasteiger partial charge in [-0.2, -0.15) is 10.2 Å². The van der Waals surface area contributed by atoms with E-state index in [0.29, 0.717) is 23.1 Å². The molecule has 3 aromatic rings. The van der Waals surface area contributed by atoms with E-state index in [-0.39, 0.29) is 50.0 Å². The third kappa shape index (κ3) is 7.78. The lowest BCUT2D eigenvalue weighted by atomic mass is 10.1. The molecule has 0 bridgehead atoms. The van der Waals surface area contributed by atoms with E-state index in [1.165, 1.54) is 0 Å². The number of fused-ring (bicyclic) bond motifs is 1. The summed E-state index contributed by atoms with van der Waals surface area (Å²) >= 11 is 0. The summed E-state index contributed by atoms with van der Waals surface area (Å²) in [5.41, 5.74) is 7.84. The lowest BCUT2D eigenvalue weighted by Gasteiger charge is -2.22. The average molecular weight is 535 g/mol. The molecule has 1 heterocycles. The van der Waals surface area contributed by atoms with Crippen LogP contribution in [0.15, 0.2) is 42.5 Å². The fourth-order valence-corrected chi connectivity index (χ4v) is 3.87. The molecule has 2 aromatic carbocycles. The van der Waals surface area contributed by atoms with E-state index in [9.17, 15) is 24.8 Å². The lowest BCUT2D eigenvalue weighted by molar-refractivity contribution is -0.146. The van der Waals surface area contributed by atoms with Gasteiger partial charge in [0.1, 0.15) is 12.6 Å². The smallest absolute Gasteiger partial charge is 0.328 e. The number of benzene rings is 2. The van der Waals surface area contributed by atoms with Crippen LogP contribution in [0, 0.1) is 11.3 Å². The van der Waals surface area contributed by atoms with Gasteiger partial charge < -0.3 is 30.5 Å². The Kier molecular flexibility index (Phi) is 9.97. The highest BCUT2D eigenvalue weighted by molar-refractivity contribution is 5.97. The molecule has 0 radical (unpaired) electrons. The molecule has 0 aliphatic carbocycles. The summed E-state index contributed by atoms with van der Waals surface area (Å²) < 4.78 is 9.93. The van der Waals surface area contributed by atoms with Crippen molar-refractivity contribution in [3.63, 3.8) is 0 Å². The second-order valence-corrected chi connectivity index (χ2v) is 8.44. The zero-order valence-electron chi connectivity index (χ0n) is 21.7. The Balaban J connectivity index is 1.73. The van der Waals surface area contributed by atoms with E-state index in [1.807, 2.05) is 6.07 Å². The molecule has 0 unspecified atom stereocenters. The highest BCUT2D eigenvalue weighted by Gasteiger charge is 2.24. The number of nitrogens with one attached hydrogen (secondary N) is 1. The van der Waals surface area contributed by atoms with Gasteiger partial charge in [-0.3, -0.25) is 9.59 Å². The Bertz CT molecular complexity index is 1370. The fourth-order valence-electron chi connectivity index (χ4n) is 3.87. The predicted molar refractivity (Wildman–Crippen MR) is 142 cm³/mol. The van der Waals surface area contributed by atoms with Crippen molar-refractivity contribution in [3.8, 4) is 11.9 Å². The molecule has 3 rings (SSSR count). The van der Waals surface area contributed by atoms with Gasteiger partial charge in [-0.1, -0.05) is 6.07 Å². The molecule has 0 saturated carbocycles. The minimum Gasteiger partial charge on any atom is -0.493 e. The monoisotopic (exact) mass is 534 g/mol. The Morgan fingerprint density at radius 1 is 1.10 bits per heavy atom. The number of hydrogen-bond donors (Lipinski definition) is 3. The molecule has 204 valence electrons. The topological polar surface area (TPSA) is 181 Å². The van der Waals surface area contributed by atoms with E-state index < -0.39 is 23.9 Å². The first-order chi connectivity index (χ1) is 18.7. The number of nitrogen functional groups attached to an aromatic ring is 1. The summed E-state index contributed by atoms with van der Waals surface area (Å²) in [6.07, 6.45) is -0.0118. The number of rotatable bonds is 12. The van der Waals surface area contributed by atoms with Crippen LogP contribution in [0.25, 0.3) is 10.9 Å². The molecule has 0 aliphatic rings. The summed E-state index contributed by atoms with van der Waals surface area (Å²) in [5.74, 6) is -1.89. The second-order valence-electron chi connectivity index (χ2n) is 8.44. The Morgan fingerprint density at radius 2 is 1.82 bits per heavy atom. The van der Waals surface area contributed by atoms with Crippen LogP contribution < -0.4 is 16.0 Å². The third-order valence-corrected chi connectivity index (χ3v) is 5.71. The van der Waals surface area contributed by atoms with Crippen molar-refractivity contribution in [2.75, 3.05) is 30.4 Å². The number of ether oxygens (including phenoxy) is 2. The number of hydrogen-bond acceptors (Lipinski definition) is 11. The third-order valence-electron chi connectivity index (χ3n) is 5.71. The van der Waals surface area contributed by atoms with Crippen LogP contribution in [-0.4, -0.2) is 58.7 Å². The predicted octanol–water partition coefficient (Wildman–Crippen LogP) is 2.45. The maximum absolute atomic E-state index is 12.9. The molecule has 0 spiro atoms. The molecule has 0 saturated heterocycles. The first-order valence-electron chi connectivity index (χ1n) is 12.4. The molecule has 0 aliphatic heterocycles. The van der Waals surface area contributed by atoms with E-state index in [2.05, 4.69) is 21.4 Å². The van der Waals surface area contributed by atoms with Crippen molar-refractivity contribution in [1.82, 2.24) is 15.3 Å². The standard InChI is InChI=1S/C27H30N6O6/c1-3-38-23(34)12-11-22(26(37)39-4-2)30-24(35)18-6-8-19(9-7-18)33(14-13-28)16-17-5-10-21-20(15-17)25(36)32-27(29)31-21/h5-10,15,22H,3-4,11-12,14,16H2,1-2H3,(H,30,35)(H3,29,31,32,36)/t22-/m1/s1. The first kappa shape index (κ1) is 28.6. The second kappa shape index (κ2) is 13.6. The zero-order valence-corrected chi connectivity index (χ0v) is 21.7. The minimum absolute atomic E-state index is 0.0319. The van der Waals surface area contributed by atoms with Crippen molar-refractivity contribution >= 4 is 40.4 Å². The van der Waals surface area contributed by atoms with Crippen LogP contribution >= 0.6 is 0 Å². The van der Waals surface area contributed by atoms with Crippen LogP contribution in [0.4, 0.5) is 11.6 Å². The summed E-state index contributed by atoms with van der Waals surface area (Å²) in [7, 11) is 0. The maximum atomic E-state index is 12.9. The van der Waals surface area contributed by atoms with Gasteiger partial charge in [0, 0.05) is 24.2 Å². The lowest BCUT2D eigenvalue weighted by Crippen LogP contribution is -2.42. The molecule has 1 aromatic heterocycles. The van der Waals surface area contributed by atoms with Crippen molar-refractivity contribution < 1.29 is 29.0 Å². The molecule has 12 heteroatoms. The number of nitriles is 1. The quantitative estimate of drug-likeness (QED) is 0.229. The highest BCUT2D eigenvalue weighted by atomic mass is 16.5. The highest BCUT2D eigenvalue weighted by Crippen LogP contribution is 2.25. The normalized spacial score (nSPS) is 11.3. The zero-order chi connectivity index (χ0) is 28.4. The Labute approximate surface area is 225 Å². The van der Waals surface area contributed by atoms with Gasteiger partial charge in [-0.25, -0.2) is 9.78 Å². The van der Waals surface area contributed by atoms with Crippen LogP contribution in [-0.2, 0) is 25.6 Å². The van der Waals surface area contributed by atoms with Gasteiger partial charge in [0.2, 0.25) is 11.8 Å². The van der Waals surface area contributed by atoms with E-state index in [0.717, 1.165) is 5.56 Å². The Hall–Kier alpha value is -4.92. The van der Waals surface area contributed by atoms with E-state index in [4.69, 9.17) is 15.2 Å². The van der Waals surface area contributed by atoms with E-state index >= 15 is 0 Å². The number of amides is 1. The van der Waals surface area contributed by atoms with Crippen LogP contribution in [0.5, 0.6) is 5.88 Å². The summed E-state index contributed by atoms with van der Waals surface area (Å²) in [4.78, 5) is 46.6. The molecular formula is C27H30N6O6. The molecule has 0 fully saturated rings.